The van der Waals surface area contributed by atoms with Crippen molar-refractivity contribution in [2.45, 2.75) is 103 Å². The van der Waals surface area contributed by atoms with Crippen molar-refractivity contribution in [3.8, 4) is 34.8 Å². The lowest BCUT2D eigenvalue weighted by atomic mass is 9.76. The van der Waals surface area contributed by atoms with Crippen molar-refractivity contribution in [3.63, 3.8) is 0 Å². The van der Waals surface area contributed by atoms with Gasteiger partial charge in [-0.1, -0.05) is 6.07 Å². The van der Waals surface area contributed by atoms with Crippen LogP contribution >= 0.6 is 0 Å². The van der Waals surface area contributed by atoms with Gasteiger partial charge in [-0.2, -0.15) is 5.26 Å². The molecule has 1 saturated heterocycles. The minimum absolute atomic E-state index is 0.0117. The molecule has 2 bridgehead atoms. The summed E-state index contributed by atoms with van der Waals surface area (Å²) in [6, 6.07) is 1.79. The van der Waals surface area contributed by atoms with Crippen LogP contribution in [-0.2, 0) is 27.1 Å². The van der Waals surface area contributed by atoms with E-state index in [9.17, 15) is 20.0 Å². The number of aromatic hydroxyl groups is 1. The number of benzene rings is 2. The van der Waals surface area contributed by atoms with Crippen molar-refractivity contribution in [2.75, 3.05) is 41.4 Å². The van der Waals surface area contributed by atoms with Gasteiger partial charge in [0.25, 0.3) is 0 Å². The maximum atomic E-state index is 13.6. The van der Waals surface area contributed by atoms with Crippen LogP contribution in [0, 0.1) is 25.2 Å². The number of hydrogen-bond acceptors (Lipinski definition) is 12. The first-order valence-corrected chi connectivity index (χ1v) is 17.3. The van der Waals surface area contributed by atoms with Gasteiger partial charge < -0.3 is 44.2 Å². The Kier molecular flexibility index (Phi) is 9.93. The van der Waals surface area contributed by atoms with E-state index >= 15 is 0 Å². The average molecular weight is 708 g/mol. The summed E-state index contributed by atoms with van der Waals surface area (Å²) in [5, 5.41) is 28.4. The maximum Gasteiger partial charge on any atom is 0.408 e. The third kappa shape index (κ3) is 6.36. The SMILES string of the molecule is COCOc1c(OC)c(C)cc2c1[C@@H]1C3Cc4c(O)c(C)c5c(c4[C@H](CNC(=O)[C@H](C)NC(=O)OC(C)(C)C)N3[C@@H](C#N)[C@H](CC2)N1C)OCO5. The number of phenolic OH excluding ortho intramolecular Hbond substituents is 1. The van der Waals surface area contributed by atoms with E-state index in [1.165, 1.54) is 0 Å². The minimum atomic E-state index is -0.916. The predicted octanol–water partition coefficient (Wildman–Crippen LogP) is 3.92. The van der Waals surface area contributed by atoms with Gasteiger partial charge in [0.05, 0.1) is 25.3 Å². The summed E-state index contributed by atoms with van der Waals surface area (Å²) in [4.78, 5) is 30.5. The molecule has 0 saturated carbocycles. The second-order valence-corrected chi connectivity index (χ2v) is 14.7. The smallest absolute Gasteiger partial charge is 0.408 e. The fourth-order valence-corrected chi connectivity index (χ4v) is 8.40. The number of methoxy groups -OCH3 is 2. The summed E-state index contributed by atoms with van der Waals surface area (Å²) < 4.78 is 34.9. The Morgan fingerprint density at radius 3 is 2.53 bits per heavy atom. The van der Waals surface area contributed by atoms with E-state index in [0.717, 1.165) is 16.7 Å². The lowest BCUT2D eigenvalue weighted by Gasteiger charge is -2.57. The van der Waals surface area contributed by atoms with E-state index in [4.69, 9.17) is 28.4 Å². The van der Waals surface area contributed by atoms with Crippen molar-refractivity contribution in [1.82, 2.24) is 20.4 Å². The fourth-order valence-electron chi connectivity index (χ4n) is 8.40. The van der Waals surface area contributed by atoms with Crippen LogP contribution in [0.1, 0.15) is 79.6 Å². The van der Waals surface area contributed by atoms with Crippen LogP contribution < -0.4 is 29.6 Å². The zero-order valence-electron chi connectivity index (χ0n) is 30.8. The molecule has 2 aromatic rings. The van der Waals surface area contributed by atoms with Crippen molar-refractivity contribution < 1.29 is 43.1 Å². The van der Waals surface area contributed by atoms with Gasteiger partial charge in [-0.05, 0) is 79.0 Å². The van der Waals surface area contributed by atoms with Crippen LogP contribution in [0.25, 0.3) is 0 Å². The van der Waals surface area contributed by atoms with E-state index in [0.29, 0.717) is 59.0 Å². The van der Waals surface area contributed by atoms with E-state index in [1.807, 2.05) is 14.0 Å². The number of rotatable bonds is 8. The Labute approximate surface area is 298 Å². The van der Waals surface area contributed by atoms with Gasteiger partial charge in [0.2, 0.25) is 12.7 Å². The number of nitrogens with one attached hydrogen (secondary N) is 2. The molecule has 276 valence electrons. The Balaban J connectivity index is 1.48. The molecule has 4 aliphatic rings. The first kappa shape index (κ1) is 36.3. The number of likely N-dealkylation sites (N-methyl/N-ethyl adjacent to an activating group) is 1. The number of hydrogen-bond donors (Lipinski definition) is 3. The van der Waals surface area contributed by atoms with Crippen LogP contribution in [-0.4, -0.2) is 98.1 Å². The highest BCUT2D eigenvalue weighted by Gasteiger charge is 2.55. The molecule has 0 aromatic heterocycles. The van der Waals surface area contributed by atoms with Gasteiger partial charge in [0.15, 0.2) is 29.8 Å². The third-order valence-electron chi connectivity index (χ3n) is 10.5. The Morgan fingerprint density at radius 1 is 1.14 bits per heavy atom. The summed E-state index contributed by atoms with van der Waals surface area (Å²) in [6.45, 7) is 10.7. The van der Waals surface area contributed by atoms with Crippen LogP contribution in [0.5, 0.6) is 28.7 Å². The highest BCUT2D eigenvalue weighted by Crippen LogP contribution is 2.57. The van der Waals surface area contributed by atoms with Gasteiger partial charge in [0, 0.05) is 48.0 Å². The molecule has 0 aliphatic carbocycles. The van der Waals surface area contributed by atoms with Crippen molar-refractivity contribution in [3.05, 3.63) is 39.4 Å². The fraction of sp³-hybridized carbons (Fsp3) is 0.595. The monoisotopic (exact) mass is 707 g/mol. The molecule has 14 nitrogen and oxygen atoms in total. The zero-order chi connectivity index (χ0) is 36.9. The second kappa shape index (κ2) is 13.9. The average Bonchev–Trinajstić information content (AvgIpc) is 3.53. The molecule has 4 aliphatic heterocycles. The highest BCUT2D eigenvalue weighted by molar-refractivity contribution is 5.85. The summed E-state index contributed by atoms with van der Waals surface area (Å²) in [7, 11) is 5.23. The number of ether oxygens (including phenoxy) is 6. The van der Waals surface area contributed by atoms with E-state index in [-0.39, 0.29) is 44.0 Å². The molecule has 6 rings (SSSR count). The molecular weight excluding hydrogens is 658 g/mol. The summed E-state index contributed by atoms with van der Waals surface area (Å²) >= 11 is 0. The molecule has 2 aromatic carbocycles. The highest BCUT2D eigenvalue weighted by atomic mass is 16.7. The number of aryl methyl sites for hydroxylation is 2. The number of carbonyl (C=O) groups excluding carboxylic acids is 2. The number of fused-ring (bicyclic) bond motifs is 9. The largest absolute Gasteiger partial charge is 0.507 e. The van der Waals surface area contributed by atoms with Gasteiger partial charge in [-0.25, -0.2) is 4.79 Å². The Hall–Kier alpha value is -4.45. The molecule has 0 radical (unpaired) electrons. The topological polar surface area (TPSA) is 164 Å². The Bertz CT molecular complexity index is 1750. The molecule has 6 atom stereocenters. The number of nitrogens with zero attached hydrogens (tertiary/aromatic N) is 3. The second-order valence-electron chi connectivity index (χ2n) is 14.7. The molecule has 14 heteroatoms. The molecule has 1 fully saturated rings. The van der Waals surface area contributed by atoms with Crippen LogP contribution in [0.15, 0.2) is 6.07 Å². The van der Waals surface area contributed by atoms with E-state index in [1.54, 1.807) is 48.8 Å². The standard InChI is InChI=1S/C37H49N5O9/c1-18-12-21-10-11-23-25(14-38)42-24(29(41(23)7)27(21)33(31(18)47-9)48-16-46-8)13-22-28(34-32(49-17-50-34)19(2)30(22)43)26(42)15-39-35(44)20(3)40-36(45)51-37(4,5)6/h12,20,23-26,29,43H,10-11,13,15-17H2,1-9H3,(H,39,44)(H,40,45)/t20-,23-,24?,25-,26-,29-/m0/s1. The summed E-state index contributed by atoms with van der Waals surface area (Å²) in [5.74, 6) is 1.80. The molecule has 4 heterocycles. The van der Waals surface area contributed by atoms with Gasteiger partial charge in [0.1, 0.15) is 23.4 Å². The van der Waals surface area contributed by atoms with Crippen LogP contribution in [0.2, 0.25) is 0 Å². The van der Waals surface area contributed by atoms with Crippen molar-refractivity contribution >= 4 is 12.0 Å². The number of alkyl carbamates (subject to hydrolysis) is 1. The maximum absolute atomic E-state index is 13.6. The number of phenols is 1. The van der Waals surface area contributed by atoms with Crippen LogP contribution in [0.3, 0.4) is 0 Å². The summed E-state index contributed by atoms with van der Waals surface area (Å²) in [5.41, 5.74) is 4.16. The molecule has 0 spiro atoms. The van der Waals surface area contributed by atoms with E-state index < -0.39 is 35.7 Å². The number of amides is 2. The predicted molar refractivity (Wildman–Crippen MR) is 185 cm³/mol. The van der Waals surface area contributed by atoms with Gasteiger partial charge >= 0.3 is 6.09 Å². The zero-order valence-corrected chi connectivity index (χ0v) is 30.8. The lowest BCUT2D eigenvalue weighted by Crippen LogP contribution is -2.66. The molecular formula is C37H49N5O9. The van der Waals surface area contributed by atoms with Crippen molar-refractivity contribution in [2.24, 2.45) is 0 Å². The van der Waals surface area contributed by atoms with Crippen LogP contribution in [0.4, 0.5) is 4.79 Å². The van der Waals surface area contributed by atoms with E-state index in [2.05, 4.69) is 32.6 Å². The number of carbonyl (C=O) groups is 2. The third-order valence-corrected chi connectivity index (χ3v) is 10.5. The number of nitriles is 1. The van der Waals surface area contributed by atoms with Crippen molar-refractivity contribution in [1.29, 1.82) is 5.26 Å². The summed E-state index contributed by atoms with van der Waals surface area (Å²) in [6.07, 6.45) is 1.06. The normalized spacial score (nSPS) is 24.2. The molecule has 3 N–H and O–H groups in total. The van der Waals surface area contributed by atoms with Gasteiger partial charge in [-0.15, -0.1) is 0 Å². The molecule has 1 unspecified atom stereocenters. The lowest BCUT2D eigenvalue weighted by molar-refractivity contribution is -0.123. The van der Waals surface area contributed by atoms with Gasteiger partial charge in [-0.3, -0.25) is 14.6 Å². The number of piperazine rings is 1. The molecule has 2 amide bonds. The quantitative estimate of drug-likeness (QED) is 0.340. The minimum Gasteiger partial charge on any atom is -0.507 e. The molecule has 51 heavy (non-hydrogen) atoms. The Morgan fingerprint density at radius 2 is 1.86 bits per heavy atom. The first-order chi connectivity index (χ1) is 24.2. The first-order valence-electron chi connectivity index (χ1n) is 17.3.